The predicted octanol–water partition coefficient (Wildman–Crippen LogP) is 6.08. The molecule has 1 saturated heterocycles. The Morgan fingerprint density at radius 1 is 0.839 bits per heavy atom. The lowest BCUT2D eigenvalue weighted by atomic mass is 10.1. The Kier molecular flexibility index (Phi) is 5.96. The van der Waals surface area contributed by atoms with Crippen molar-refractivity contribution in [1.29, 1.82) is 0 Å². The normalized spacial score (nSPS) is 22.2. The molecule has 5 rings (SSSR count). The summed E-state index contributed by atoms with van der Waals surface area (Å²) in [6, 6.07) is 17.9. The van der Waals surface area contributed by atoms with Gasteiger partial charge in [0.15, 0.2) is 0 Å². The van der Waals surface area contributed by atoms with Crippen LogP contribution >= 0.6 is 23.2 Å². The molecule has 31 heavy (non-hydrogen) atoms. The number of piperazine rings is 1. The molecule has 2 heterocycles. The van der Waals surface area contributed by atoms with Crippen molar-refractivity contribution in [3.63, 3.8) is 0 Å². The summed E-state index contributed by atoms with van der Waals surface area (Å²) in [5.74, 6) is 0. The molecule has 2 fully saturated rings. The van der Waals surface area contributed by atoms with E-state index in [-0.39, 0.29) is 0 Å². The average Bonchev–Trinajstić information content (AvgIpc) is 3.46. The Bertz CT molecular complexity index is 1040. The number of hydrogen-bond donors (Lipinski definition) is 0. The molecule has 2 atom stereocenters. The van der Waals surface area contributed by atoms with E-state index in [1.54, 1.807) is 0 Å². The molecule has 1 aliphatic heterocycles. The maximum Gasteiger partial charge on any atom is 0.0923 e. The van der Waals surface area contributed by atoms with Crippen LogP contribution in [0.15, 0.2) is 54.7 Å². The number of rotatable bonds is 4. The summed E-state index contributed by atoms with van der Waals surface area (Å²) >= 11 is 12.3. The Labute approximate surface area is 194 Å². The summed E-state index contributed by atoms with van der Waals surface area (Å²) in [5, 5.41) is 6.15. The lowest BCUT2D eigenvalue weighted by Crippen LogP contribution is -2.49. The van der Waals surface area contributed by atoms with Gasteiger partial charge in [0, 0.05) is 49.7 Å². The van der Waals surface area contributed by atoms with Crippen LogP contribution in [0.3, 0.4) is 0 Å². The number of nitrogens with zero attached hydrogens (tertiary/aromatic N) is 4. The second kappa shape index (κ2) is 8.85. The first-order chi connectivity index (χ1) is 15.1. The van der Waals surface area contributed by atoms with Gasteiger partial charge in [-0.25, -0.2) is 0 Å². The zero-order valence-electron chi connectivity index (χ0n) is 17.8. The molecule has 3 aromatic rings. The van der Waals surface area contributed by atoms with Crippen molar-refractivity contribution in [3.05, 3.63) is 70.3 Å². The molecule has 0 spiro atoms. The minimum atomic E-state index is 0.497. The fourth-order valence-electron chi connectivity index (χ4n) is 4.95. The smallest absolute Gasteiger partial charge is 0.0923 e. The van der Waals surface area contributed by atoms with Crippen molar-refractivity contribution in [2.75, 3.05) is 31.1 Å². The molecular formula is C25H28Cl2N4. The molecule has 2 aliphatic rings. The van der Waals surface area contributed by atoms with Crippen molar-refractivity contribution in [2.45, 2.75) is 38.3 Å². The minimum Gasteiger partial charge on any atom is -0.369 e. The zero-order chi connectivity index (χ0) is 21.4. The minimum absolute atomic E-state index is 0.497. The fourth-order valence-corrected chi connectivity index (χ4v) is 5.25. The third kappa shape index (κ3) is 4.48. The second-order valence-electron chi connectivity index (χ2n) is 8.79. The van der Waals surface area contributed by atoms with Crippen molar-refractivity contribution >= 4 is 28.9 Å². The van der Waals surface area contributed by atoms with E-state index >= 15 is 0 Å². The van der Waals surface area contributed by atoms with Crippen molar-refractivity contribution in [2.24, 2.45) is 0 Å². The van der Waals surface area contributed by atoms with Gasteiger partial charge in [0.2, 0.25) is 0 Å². The number of aromatic nitrogens is 2. The van der Waals surface area contributed by atoms with Gasteiger partial charge in [-0.05, 0) is 50.5 Å². The van der Waals surface area contributed by atoms with E-state index < -0.39 is 0 Å². The molecule has 2 unspecified atom stereocenters. The molecule has 0 radical (unpaired) electrons. The molecule has 1 aliphatic carbocycles. The standard InChI is InChI=1S/C25H28Cl2N4/c1-18-2-4-19(5-3-18)25-10-11-31(28-25)22-7-6-20(16-22)29-12-14-30(15-13-29)21-8-9-23(26)24(27)17-21/h2-5,8-11,17,20,22H,6-7,12-16H2,1H3. The molecule has 1 saturated carbocycles. The Morgan fingerprint density at radius 2 is 1.58 bits per heavy atom. The maximum absolute atomic E-state index is 6.21. The van der Waals surface area contributed by atoms with Gasteiger partial charge in [-0.1, -0.05) is 53.0 Å². The van der Waals surface area contributed by atoms with Crippen LogP contribution in [-0.2, 0) is 0 Å². The molecule has 0 bridgehead atoms. The number of benzene rings is 2. The van der Waals surface area contributed by atoms with Gasteiger partial charge in [0.1, 0.15) is 0 Å². The van der Waals surface area contributed by atoms with Gasteiger partial charge in [-0.15, -0.1) is 0 Å². The van der Waals surface area contributed by atoms with E-state index in [1.807, 2.05) is 12.1 Å². The third-order valence-corrected chi connectivity index (χ3v) is 7.55. The van der Waals surface area contributed by atoms with Crippen LogP contribution in [0, 0.1) is 6.92 Å². The van der Waals surface area contributed by atoms with E-state index in [9.17, 15) is 0 Å². The highest BCUT2D eigenvalue weighted by Gasteiger charge is 2.32. The number of hydrogen-bond acceptors (Lipinski definition) is 3. The number of halogens is 2. The summed E-state index contributed by atoms with van der Waals surface area (Å²) in [7, 11) is 0. The van der Waals surface area contributed by atoms with Crippen LogP contribution in [0.25, 0.3) is 11.3 Å². The molecule has 162 valence electrons. The van der Waals surface area contributed by atoms with Gasteiger partial charge in [-0.2, -0.15) is 5.10 Å². The fraction of sp³-hybridized carbons (Fsp3) is 0.400. The van der Waals surface area contributed by atoms with Crippen LogP contribution in [0.5, 0.6) is 0 Å². The summed E-state index contributed by atoms with van der Waals surface area (Å²) < 4.78 is 2.20. The molecule has 2 aromatic carbocycles. The van der Waals surface area contributed by atoms with E-state index in [0.29, 0.717) is 22.1 Å². The average molecular weight is 455 g/mol. The van der Waals surface area contributed by atoms with Crippen molar-refractivity contribution < 1.29 is 0 Å². The van der Waals surface area contributed by atoms with Crippen LogP contribution < -0.4 is 4.90 Å². The third-order valence-electron chi connectivity index (χ3n) is 6.81. The van der Waals surface area contributed by atoms with Gasteiger partial charge < -0.3 is 4.90 Å². The van der Waals surface area contributed by atoms with E-state index in [2.05, 4.69) is 64.0 Å². The molecule has 0 amide bonds. The highest BCUT2D eigenvalue weighted by molar-refractivity contribution is 6.42. The first-order valence-electron chi connectivity index (χ1n) is 11.1. The first-order valence-corrected chi connectivity index (χ1v) is 11.9. The largest absolute Gasteiger partial charge is 0.369 e. The summed E-state index contributed by atoms with van der Waals surface area (Å²) in [4.78, 5) is 5.07. The maximum atomic E-state index is 6.21. The molecular weight excluding hydrogens is 427 g/mol. The molecule has 0 N–H and O–H groups in total. The van der Waals surface area contributed by atoms with Crippen LogP contribution in [-0.4, -0.2) is 46.9 Å². The Morgan fingerprint density at radius 3 is 2.32 bits per heavy atom. The quantitative estimate of drug-likeness (QED) is 0.477. The number of aryl methyl sites for hydroxylation is 1. The van der Waals surface area contributed by atoms with Gasteiger partial charge in [0.25, 0.3) is 0 Å². The predicted molar refractivity (Wildman–Crippen MR) is 129 cm³/mol. The first kappa shape index (κ1) is 20.9. The highest BCUT2D eigenvalue weighted by atomic mass is 35.5. The van der Waals surface area contributed by atoms with Crippen molar-refractivity contribution in [3.8, 4) is 11.3 Å². The molecule has 6 heteroatoms. The number of anilines is 1. The SMILES string of the molecule is Cc1ccc(-c2ccn(C3CCC(N4CCN(c5ccc(Cl)c(Cl)c5)CC4)C3)n2)cc1. The van der Waals surface area contributed by atoms with Crippen LogP contribution in [0.4, 0.5) is 5.69 Å². The van der Waals surface area contributed by atoms with Crippen LogP contribution in [0.2, 0.25) is 10.0 Å². The summed E-state index contributed by atoms with van der Waals surface area (Å²) in [6.07, 6.45) is 5.79. The summed E-state index contributed by atoms with van der Waals surface area (Å²) in [6.45, 7) is 6.35. The van der Waals surface area contributed by atoms with Gasteiger partial charge in [-0.3, -0.25) is 9.58 Å². The Balaban J connectivity index is 1.18. The van der Waals surface area contributed by atoms with Crippen molar-refractivity contribution in [1.82, 2.24) is 14.7 Å². The monoisotopic (exact) mass is 454 g/mol. The van der Waals surface area contributed by atoms with E-state index in [0.717, 1.165) is 31.9 Å². The lowest BCUT2D eigenvalue weighted by molar-refractivity contribution is 0.183. The topological polar surface area (TPSA) is 24.3 Å². The van der Waals surface area contributed by atoms with E-state index in [1.165, 1.54) is 36.1 Å². The highest BCUT2D eigenvalue weighted by Crippen LogP contribution is 2.35. The van der Waals surface area contributed by atoms with Crippen LogP contribution in [0.1, 0.15) is 30.9 Å². The van der Waals surface area contributed by atoms with E-state index in [4.69, 9.17) is 28.3 Å². The van der Waals surface area contributed by atoms with Gasteiger partial charge in [0.05, 0.1) is 21.8 Å². The zero-order valence-corrected chi connectivity index (χ0v) is 19.4. The molecule has 1 aromatic heterocycles. The molecule has 4 nitrogen and oxygen atoms in total. The lowest BCUT2D eigenvalue weighted by Gasteiger charge is -2.39. The second-order valence-corrected chi connectivity index (χ2v) is 9.60. The Hall–Kier alpha value is -2.01. The van der Waals surface area contributed by atoms with Gasteiger partial charge >= 0.3 is 0 Å². The summed E-state index contributed by atoms with van der Waals surface area (Å²) in [5.41, 5.74) is 4.70.